The number of rotatable bonds is 3. The molecule has 1 aliphatic rings. The van der Waals surface area contributed by atoms with Gasteiger partial charge in [-0.2, -0.15) is 13.2 Å². The van der Waals surface area contributed by atoms with E-state index in [-0.39, 0.29) is 5.56 Å². The Hall–Kier alpha value is -1.98. The van der Waals surface area contributed by atoms with Gasteiger partial charge in [0.25, 0.3) is 0 Å². The molecule has 0 atom stereocenters. The Balaban J connectivity index is 2.37. The molecule has 21 heavy (non-hydrogen) atoms. The average molecular weight is 298 g/mol. The molecule has 0 aromatic heterocycles. The van der Waals surface area contributed by atoms with E-state index in [1.807, 2.05) is 4.90 Å². The van der Waals surface area contributed by atoms with Crippen LogP contribution in [-0.4, -0.2) is 19.0 Å². The minimum Gasteiger partial charge on any atom is -0.372 e. The van der Waals surface area contributed by atoms with E-state index in [9.17, 15) is 18.0 Å². The maximum atomic E-state index is 13.2. The lowest BCUT2D eigenvalue weighted by molar-refractivity contribution is -0.137. The van der Waals surface area contributed by atoms with Crippen LogP contribution in [0.25, 0.3) is 6.08 Å². The van der Waals surface area contributed by atoms with Crippen LogP contribution in [0.3, 0.4) is 0 Å². The zero-order valence-corrected chi connectivity index (χ0v) is 11.5. The van der Waals surface area contributed by atoms with Gasteiger partial charge in [-0.1, -0.05) is 6.07 Å². The zero-order valence-electron chi connectivity index (χ0n) is 11.5. The quantitative estimate of drug-likeness (QED) is 0.871. The predicted molar refractivity (Wildman–Crippen MR) is 75.7 cm³/mol. The number of hydrogen-bond acceptors (Lipinski definition) is 2. The Morgan fingerprint density at radius 1 is 1.19 bits per heavy atom. The van der Waals surface area contributed by atoms with E-state index in [4.69, 9.17) is 5.73 Å². The summed E-state index contributed by atoms with van der Waals surface area (Å²) in [5.41, 5.74) is 4.70. The second-order valence-electron chi connectivity index (χ2n) is 5.05. The first-order valence-electron chi connectivity index (χ1n) is 6.81. The van der Waals surface area contributed by atoms with Gasteiger partial charge in [-0.15, -0.1) is 0 Å². The van der Waals surface area contributed by atoms with Crippen LogP contribution >= 0.6 is 0 Å². The van der Waals surface area contributed by atoms with Gasteiger partial charge in [-0.3, -0.25) is 4.79 Å². The first-order chi connectivity index (χ1) is 9.88. The van der Waals surface area contributed by atoms with Gasteiger partial charge in [-0.05, 0) is 43.0 Å². The van der Waals surface area contributed by atoms with Crippen LogP contribution in [-0.2, 0) is 11.0 Å². The fourth-order valence-electron chi connectivity index (χ4n) is 2.46. The van der Waals surface area contributed by atoms with E-state index < -0.39 is 17.6 Å². The molecule has 114 valence electrons. The van der Waals surface area contributed by atoms with Crippen LogP contribution in [0.5, 0.6) is 0 Å². The largest absolute Gasteiger partial charge is 0.417 e. The van der Waals surface area contributed by atoms with Crippen molar-refractivity contribution in [2.45, 2.75) is 25.4 Å². The lowest BCUT2D eigenvalue weighted by Gasteiger charge is -2.29. The van der Waals surface area contributed by atoms with Crippen LogP contribution in [0, 0.1) is 0 Å². The van der Waals surface area contributed by atoms with Crippen molar-refractivity contribution in [3.8, 4) is 0 Å². The van der Waals surface area contributed by atoms with Crippen molar-refractivity contribution in [3.05, 3.63) is 35.4 Å². The topological polar surface area (TPSA) is 46.3 Å². The molecular weight excluding hydrogens is 281 g/mol. The van der Waals surface area contributed by atoms with Gasteiger partial charge >= 0.3 is 6.18 Å². The van der Waals surface area contributed by atoms with Crippen LogP contribution in [0.2, 0.25) is 0 Å². The maximum absolute atomic E-state index is 13.2. The third-order valence-electron chi connectivity index (χ3n) is 3.49. The summed E-state index contributed by atoms with van der Waals surface area (Å²) in [6, 6.07) is 4.18. The highest BCUT2D eigenvalue weighted by Gasteiger charge is 2.33. The van der Waals surface area contributed by atoms with Gasteiger partial charge in [0.2, 0.25) is 5.91 Å². The molecule has 0 spiro atoms. The molecule has 0 aliphatic carbocycles. The van der Waals surface area contributed by atoms with Crippen LogP contribution in [0.1, 0.15) is 30.4 Å². The lowest BCUT2D eigenvalue weighted by Crippen LogP contribution is -2.29. The number of hydrogen-bond donors (Lipinski definition) is 1. The third-order valence-corrected chi connectivity index (χ3v) is 3.49. The van der Waals surface area contributed by atoms with Crippen molar-refractivity contribution in [1.29, 1.82) is 0 Å². The number of anilines is 1. The maximum Gasteiger partial charge on any atom is 0.417 e. The molecule has 1 saturated heterocycles. The lowest BCUT2D eigenvalue weighted by atomic mass is 10.0. The number of benzene rings is 1. The van der Waals surface area contributed by atoms with Gasteiger partial charge in [0, 0.05) is 24.9 Å². The van der Waals surface area contributed by atoms with Gasteiger partial charge in [0.05, 0.1) is 5.56 Å². The zero-order chi connectivity index (χ0) is 15.5. The number of carbonyl (C=O) groups excluding carboxylic acids is 1. The van der Waals surface area contributed by atoms with Gasteiger partial charge in [0.1, 0.15) is 0 Å². The Bertz CT molecular complexity index is 546. The van der Waals surface area contributed by atoms with Crippen molar-refractivity contribution < 1.29 is 18.0 Å². The van der Waals surface area contributed by atoms with Crippen molar-refractivity contribution in [1.82, 2.24) is 0 Å². The highest BCUT2D eigenvalue weighted by Crippen LogP contribution is 2.35. The summed E-state index contributed by atoms with van der Waals surface area (Å²) in [5.74, 6) is -0.775. The van der Waals surface area contributed by atoms with Crippen LogP contribution < -0.4 is 10.6 Å². The Kier molecular flexibility index (Phi) is 4.55. The van der Waals surface area contributed by atoms with Crippen molar-refractivity contribution in [3.63, 3.8) is 0 Å². The summed E-state index contributed by atoms with van der Waals surface area (Å²) in [7, 11) is 0. The molecule has 6 heteroatoms. The molecule has 0 bridgehead atoms. The highest BCUT2D eigenvalue weighted by molar-refractivity contribution is 5.90. The third kappa shape index (κ3) is 4.00. The number of nitrogens with zero attached hydrogens (tertiary/aromatic N) is 1. The number of alkyl halides is 3. The summed E-state index contributed by atoms with van der Waals surface area (Å²) >= 11 is 0. The highest BCUT2D eigenvalue weighted by atomic mass is 19.4. The van der Waals surface area contributed by atoms with E-state index in [0.29, 0.717) is 5.69 Å². The Morgan fingerprint density at radius 2 is 1.86 bits per heavy atom. The van der Waals surface area contributed by atoms with E-state index in [0.717, 1.165) is 50.6 Å². The second kappa shape index (κ2) is 6.20. The summed E-state index contributed by atoms with van der Waals surface area (Å²) in [4.78, 5) is 12.7. The van der Waals surface area contributed by atoms with Gasteiger partial charge in [-0.25, -0.2) is 0 Å². The van der Waals surface area contributed by atoms with Crippen molar-refractivity contribution in [2.75, 3.05) is 18.0 Å². The summed E-state index contributed by atoms with van der Waals surface area (Å²) in [6.07, 6.45) is 0.664. The molecule has 1 fully saturated rings. The number of halogens is 3. The molecule has 1 aromatic rings. The molecule has 1 heterocycles. The normalized spacial score (nSPS) is 16.4. The number of carbonyl (C=O) groups is 1. The fraction of sp³-hybridized carbons (Fsp3) is 0.400. The smallest absolute Gasteiger partial charge is 0.372 e. The standard InChI is InChI=1S/C15H17F3N2O/c16-15(17,18)13-10-12(20-8-2-1-3-9-20)6-4-11(13)5-7-14(19)21/h4-7,10H,1-3,8-9H2,(H2,19,21)/b7-5+. The molecule has 3 nitrogen and oxygen atoms in total. The van der Waals surface area contributed by atoms with E-state index >= 15 is 0 Å². The minimum atomic E-state index is -4.47. The summed E-state index contributed by atoms with van der Waals surface area (Å²) < 4.78 is 39.5. The number of piperidine rings is 1. The SMILES string of the molecule is NC(=O)/C=C/c1ccc(N2CCCCC2)cc1C(F)(F)F. The molecule has 2 N–H and O–H groups in total. The molecule has 0 unspecified atom stereocenters. The van der Waals surface area contributed by atoms with E-state index in [2.05, 4.69) is 0 Å². The first-order valence-corrected chi connectivity index (χ1v) is 6.81. The first kappa shape index (κ1) is 15.4. The predicted octanol–water partition coefficient (Wildman–Crippen LogP) is 3.19. The summed E-state index contributed by atoms with van der Waals surface area (Å²) in [6.45, 7) is 1.54. The molecule has 2 rings (SSSR count). The monoisotopic (exact) mass is 298 g/mol. The number of primary amides is 1. The number of nitrogens with two attached hydrogens (primary N) is 1. The minimum absolute atomic E-state index is 0.0536. The second-order valence-corrected chi connectivity index (χ2v) is 5.05. The summed E-state index contributed by atoms with van der Waals surface area (Å²) in [5, 5.41) is 0. The number of amides is 1. The fourth-order valence-corrected chi connectivity index (χ4v) is 2.46. The molecular formula is C15H17F3N2O. The Labute approximate surface area is 121 Å². The van der Waals surface area contributed by atoms with Crippen LogP contribution in [0.4, 0.5) is 18.9 Å². The van der Waals surface area contributed by atoms with Gasteiger partial charge in [0.15, 0.2) is 0 Å². The molecule has 1 amide bonds. The van der Waals surface area contributed by atoms with Crippen molar-refractivity contribution in [2.24, 2.45) is 5.73 Å². The molecule has 0 radical (unpaired) electrons. The van der Waals surface area contributed by atoms with Crippen LogP contribution in [0.15, 0.2) is 24.3 Å². The Morgan fingerprint density at radius 3 is 2.43 bits per heavy atom. The van der Waals surface area contributed by atoms with E-state index in [1.165, 1.54) is 6.07 Å². The molecule has 1 aromatic carbocycles. The van der Waals surface area contributed by atoms with E-state index in [1.54, 1.807) is 6.07 Å². The molecule has 1 aliphatic heterocycles. The van der Waals surface area contributed by atoms with Crippen molar-refractivity contribution >= 4 is 17.7 Å². The molecule has 0 saturated carbocycles. The van der Waals surface area contributed by atoms with Gasteiger partial charge < -0.3 is 10.6 Å². The average Bonchev–Trinajstić information content (AvgIpc) is 2.45.